The van der Waals surface area contributed by atoms with E-state index in [0.29, 0.717) is 33.3 Å². The van der Waals surface area contributed by atoms with Crippen LogP contribution in [-0.4, -0.2) is 41.1 Å². The second-order valence-corrected chi connectivity index (χ2v) is 5.93. The van der Waals surface area contributed by atoms with Gasteiger partial charge in [-0.1, -0.05) is 11.6 Å². The molecule has 1 aromatic heterocycles. The number of aromatic nitrogens is 2. The number of methoxy groups -OCH3 is 1. The summed E-state index contributed by atoms with van der Waals surface area (Å²) in [7, 11) is 2.99. The SMILES string of the molecule is CCOc1c(Cl)cc(/C=C/C(=O)N(C)Cc2nccn2C(F)F)cc1OC. The fraction of sp³-hybridized carbons (Fsp3) is 0.333. The number of carbonyl (C=O) groups is 1. The number of rotatable bonds is 8. The van der Waals surface area contributed by atoms with Gasteiger partial charge in [0.05, 0.1) is 25.3 Å². The number of likely N-dealkylation sites (N-methyl/N-ethyl adjacent to an activating group) is 1. The standard InChI is InChI=1S/C18H20ClF2N3O3/c1-4-27-17-13(19)9-12(10-14(17)26-3)5-6-16(25)23(2)11-15-22-7-8-24(15)18(20)21/h5-10,18H,4,11H2,1-3H3/b6-5+. The van der Waals surface area contributed by atoms with Crippen molar-refractivity contribution in [3.63, 3.8) is 0 Å². The Labute approximate surface area is 161 Å². The molecule has 0 aliphatic carbocycles. The van der Waals surface area contributed by atoms with Crippen LogP contribution in [0.4, 0.5) is 8.78 Å². The highest BCUT2D eigenvalue weighted by Crippen LogP contribution is 2.36. The summed E-state index contributed by atoms with van der Waals surface area (Å²) in [5.74, 6) is 0.604. The van der Waals surface area contributed by atoms with Gasteiger partial charge in [0.15, 0.2) is 11.5 Å². The first-order valence-electron chi connectivity index (χ1n) is 8.10. The number of hydrogen-bond acceptors (Lipinski definition) is 4. The van der Waals surface area contributed by atoms with Gasteiger partial charge in [-0.25, -0.2) is 4.98 Å². The molecule has 2 rings (SSSR count). The lowest BCUT2D eigenvalue weighted by molar-refractivity contribution is -0.125. The minimum absolute atomic E-state index is 0.0477. The van der Waals surface area contributed by atoms with Gasteiger partial charge in [0, 0.05) is 25.5 Å². The van der Waals surface area contributed by atoms with Gasteiger partial charge in [0.25, 0.3) is 0 Å². The number of amides is 1. The second kappa shape index (κ2) is 9.36. The lowest BCUT2D eigenvalue weighted by Gasteiger charge is -2.16. The van der Waals surface area contributed by atoms with Crippen molar-refractivity contribution in [1.29, 1.82) is 0 Å². The lowest BCUT2D eigenvalue weighted by atomic mass is 10.2. The van der Waals surface area contributed by atoms with Gasteiger partial charge in [-0.2, -0.15) is 8.78 Å². The molecule has 0 bridgehead atoms. The first-order valence-corrected chi connectivity index (χ1v) is 8.48. The Bertz CT molecular complexity index is 824. The maximum absolute atomic E-state index is 12.8. The summed E-state index contributed by atoms with van der Waals surface area (Å²) < 4.78 is 37.1. The van der Waals surface area contributed by atoms with E-state index in [1.807, 2.05) is 6.92 Å². The van der Waals surface area contributed by atoms with Gasteiger partial charge in [-0.3, -0.25) is 9.36 Å². The van der Waals surface area contributed by atoms with Crippen molar-refractivity contribution in [1.82, 2.24) is 14.5 Å². The third kappa shape index (κ3) is 5.19. The van der Waals surface area contributed by atoms with E-state index < -0.39 is 6.55 Å². The molecule has 0 aliphatic heterocycles. The summed E-state index contributed by atoms with van der Waals surface area (Å²) in [5.41, 5.74) is 0.635. The summed E-state index contributed by atoms with van der Waals surface area (Å²) >= 11 is 6.20. The smallest absolute Gasteiger partial charge is 0.319 e. The highest BCUT2D eigenvalue weighted by atomic mass is 35.5. The summed E-state index contributed by atoms with van der Waals surface area (Å²) in [6.07, 6.45) is 5.32. The van der Waals surface area contributed by atoms with Gasteiger partial charge in [0.2, 0.25) is 5.91 Å². The normalized spacial score (nSPS) is 11.2. The molecular formula is C18H20ClF2N3O3. The van der Waals surface area contributed by atoms with Gasteiger partial charge in [-0.15, -0.1) is 0 Å². The summed E-state index contributed by atoms with van der Waals surface area (Å²) in [5, 5.41) is 0.357. The first kappa shape index (κ1) is 20.7. The zero-order valence-electron chi connectivity index (χ0n) is 15.2. The first-order chi connectivity index (χ1) is 12.9. The molecule has 1 heterocycles. The number of imidazole rings is 1. The van der Waals surface area contributed by atoms with E-state index >= 15 is 0 Å². The third-order valence-corrected chi connectivity index (χ3v) is 3.95. The number of carbonyl (C=O) groups excluding carboxylic acids is 1. The van der Waals surface area contributed by atoms with Crippen molar-refractivity contribution in [2.45, 2.75) is 20.0 Å². The lowest BCUT2D eigenvalue weighted by Crippen LogP contribution is -2.26. The molecule has 0 saturated carbocycles. The van der Waals surface area contributed by atoms with E-state index in [4.69, 9.17) is 21.1 Å². The number of alkyl halides is 2. The van der Waals surface area contributed by atoms with E-state index in [2.05, 4.69) is 4.98 Å². The predicted molar refractivity (Wildman–Crippen MR) is 98.2 cm³/mol. The van der Waals surface area contributed by atoms with E-state index in [0.717, 1.165) is 0 Å². The van der Waals surface area contributed by atoms with Crippen LogP contribution in [0.3, 0.4) is 0 Å². The Morgan fingerprint density at radius 1 is 1.44 bits per heavy atom. The highest BCUT2D eigenvalue weighted by Gasteiger charge is 2.15. The van der Waals surface area contributed by atoms with Crippen molar-refractivity contribution >= 4 is 23.6 Å². The Kier molecular flexibility index (Phi) is 7.18. The summed E-state index contributed by atoms with van der Waals surface area (Å²) in [6.45, 7) is -0.492. The molecule has 1 aromatic carbocycles. The Morgan fingerprint density at radius 2 is 2.19 bits per heavy atom. The zero-order chi connectivity index (χ0) is 20.0. The number of halogens is 3. The summed E-state index contributed by atoms with van der Waals surface area (Å²) in [6, 6.07) is 3.33. The van der Waals surface area contributed by atoms with Gasteiger partial charge >= 0.3 is 6.55 Å². The molecular weight excluding hydrogens is 380 g/mol. The quantitative estimate of drug-likeness (QED) is 0.629. The fourth-order valence-electron chi connectivity index (χ4n) is 2.35. The largest absolute Gasteiger partial charge is 0.493 e. The number of ether oxygens (including phenoxy) is 2. The molecule has 2 aromatic rings. The van der Waals surface area contributed by atoms with Crippen molar-refractivity contribution in [2.24, 2.45) is 0 Å². The molecule has 6 nitrogen and oxygen atoms in total. The van der Waals surface area contributed by atoms with Crippen LogP contribution in [-0.2, 0) is 11.3 Å². The van der Waals surface area contributed by atoms with Crippen LogP contribution in [0.2, 0.25) is 5.02 Å². The second-order valence-electron chi connectivity index (χ2n) is 5.52. The minimum Gasteiger partial charge on any atom is -0.493 e. The van der Waals surface area contributed by atoms with E-state index in [1.54, 1.807) is 18.2 Å². The third-order valence-electron chi connectivity index (χ3n) is 3.67. The fourth-order valence-corrected chi connectivity index (χ4v) is 2.62. The van der Waals surface area contributed by atoms with Gasteiger partial charge in [0.1, 0.15) is 5.82 Å². The molecule has 9 heteroatoms. The maximum Gasteiger partial charge on any atom is 0.319 e. The monoisotopic (exact) mass is 399 g/mol. The Hall–Kier alpha value is -2.61. The van der Waals surface area contributed by atoms with Crippen LogP contribution >= 0.6 is 11.6 Å². The highest BCUT2D eigenvalue weighted by molar-refractivity contribution is 6.32. The van der Waals surface area contributed by atoms with Crippen molar-refractivity contribution in [3.8, 4) is 11.5 Å². The van der Waals surface area contributed by atoms with Crippen LogP contribution in [0.15, 0.2) is 30.6 Å². The molecule has 0 spiro atoms. The molecule has 0 radical (unpaired) electrons. The molecule has 1 amide bonds. The number of benzene rings is 1. The molecule has 0 unspecified atom stereocenters. The predicted octanol–water partition coefficient (Wildman–Crippen LogP) is 4.01. The molecule has 146 valence electrons. The Morgan fingerprint density at radius 3 is 2.81 bits per heavy atom. The molecule has 0 atom stereocenters. The average Bonchev–Trinajstić information content (AvgIpc) is 3.09. The van der Waals surface area contributed by atoms with Crippen LogP contribution in [0.5, 0.6) is 11.5 Å². The van der Waals surface area contributed by atoms with Crippen LogP contribution < -0.4 is 9.47 Å². The van der Waals surface area contributed by atoms with Crippen LogP contribution in [0.25, 0.3) is 6.08 Å². The molecule has 0 N–H and O–H groups in total. The zero-order valence-corrected chi connectivity index (χ0v) is 15.9. The Balaban J connectivity index is 2.11. The van der Waals surface area contributed by atoms with Gasteiger partial charge in [-0.05, 0) is 30.7 Å². The van der Waals surface area contributed by atoms with E-state index in [9.17, 15) is 13.6 Å². The van der Waals surface area contributed by atoms with Crippen molar-refractivity contribution in [2.75, 3.05) is 20.8 Å². The molecule has 0 saturated heterocycles. The maximum atomic E-state index is 12.8. The van der Waals surface area contributed by atoms with Gasteiger partial charge < -0.3 is 14.4 Å². The summed E-state index contributed by atoms with van der Waals surface area (Å²) in [4.78, 5) is 17.4. The van der Waals surface area contributed by atoms with Crippen LogP contribution in [0.1, 0.15) is 24.9 Å². The molecule has 0 aliphatic rings. The van der Waals surface area contributed by atoms with E-state index in [1.165, 1.54) is 37.5 Å². The van der Waals surface area contributed by atoms with Crippen molar-refractivity contribution in [3.05, 3.63) is 47.0 Å². The average molecular weight is 400 g/mol. The van der Waals surface area contributed by atoms with Crippen LogP contribution in [0, 0.1) is 0 Å². The van der Waals surface area contributed by atoms with Crippen molar-refractivity contribution < 1.29 is 23.0 Å². The minimum atomic E-state index is -2.71. The number of hydrogen-bond donors (Lipinski definition) is 0. The van der Waals surface area contributed by atoms with E-state index in [-0.39, 0.29) is 18.3 Å². The molecule has 27 heavy (non-hydrogen) atoms. The number of nitrogens with zero attached hydrogens (tertiary/aromatic N) is 3. The topological polar surface area (TPSA) is 56.6 Å². The molecule has 0 fully saturated rings.